The van der Waals surface area contributed by atoms with Gasteiger partial charge < -0.3 is 10.5 Å². The highest BCUT2D eigenvalue weighted by Crippen LogP contribution is 2.39. The summed E-state index contributed by atoms with van der Waals surface area (Å²) in [4.78, 5) is 5.32. The molecule has 4 nitrogen and oxygen atoms in total. The molecule has 2 N–H and O–H groups in total. The minimum atomic E-state index is 0.254. The lowest BCUT2D eigenvalue weighted by Crippen LogP contribution is -2.64. The number of rotatable bonds is 2. The molecule has 3 saturated heterocycles. The largest absolute Gasteiger partial charge is 0.379 e. The first-order valence-corrected chi connectivity index (χ1v) is 7.14. The lowest BCUT2D eigenvalue weighted by atomic mass is 9.83. The quantitative estimate of drug-likeness (QED) is 0.751. The van der Waals surface area contributed by atoms with E-state index in [0.717, 1.165) is 32.8 Å². The van der Waals surface area contributed by atoms with Crippen LogP contribution in [0.25, 0.3) is 0 Å². The predicted octanol–water partition coefficient (Wildman–Crippen LogP) is 0.274. The van der Waals surface area contributed by atoms with E-state index in [0.29, 0.717) is 6.04 Å². The molecule has 0 saturated carbocycles. The fraction of sp³-hybridized carbons (Fsp3) is 1.00. The number of nitrogens with two attached hydrogens (primary N) is 1. The summed E-state index contributed by atoms with van der Waals surface area (Å²) in [7, 11) is 0. The molecule has 4 heteroatoms. The molecule has 17 heavy (non-hydrogen) atoms. The topological polar surface area (TPSA) is 41.7 Å². The highest BCUT2D eigenvalue weighted by atomic mass is 16.5. The second kappa shape index (κ2) is 4.84. The molecule has 0 aromatic heterocycles. The van der Waals surface area contributed by atoms with Gasteiger partial charge in [0, 0.05) is 32.2 Å². The first kappa shape index (κ1) is 11.9. The van der Waals surface area contributed by atoms with Crippen molar-refractivity contribution in [3.8, 4) is 0 Å². The Morgan fingerprint density at radius 2 is 1.94 bits per heavy atom. The highest BCUT2D eigenvalue weighted by Gasteiger charge is 2.50. The van der Waals surface area contributed by atoms with E-state index >= 15 is 0 Å². The fourth-order valence-corrected chi connectivity index (χ4v) is 4.12. The molecule has 0 amide bonds. The normalized spacial score (nSPS) is 40.4. The summed E-state index contributed by atoms with van der Waals surface area (Å²) in [6.45, 7) is 7.26. The van der Waals surface area contributed by atoms with E-state index in [1.807, 2.05) is 0 Å². The Hall–Kier alpha value is -0.160. The molecule has 0 bridgehead atoms. The minimum Gasteiger partial charge on any atom is -0.379 e. The summed E-state index contributed by atoms with van der Waals surface area (Å²) in [6, 6.07) is 0.708. The van der Waals surface area contributed by atoms with Gasteiger partial charge in [-0.05, 0) is 25.8 Å². The Labute approximate surface area is 104 Å². The Balaban J connectivity index is 1.80. The van der Waals surface area contributed by atoms with Crippen LogP contribution in [0.1, 0.15) is 25.7 Å². The van der Waals surface area contributed by atoms with Crippen LogP contribution < -0.4 is 5.73 Å². The maximum Gasteiger partial charge on any atom is 0.0594 e. The summed E-state index contributed by atoms with van der Waals surface area (Å²) < 4.78 is 5.49. The highest BCUT2D eigenvalue weighted by molar-refractivity contribution is 5.09. The van der Waals surface area contributed by atoms with Gasteiger partial charge in [-0.25, -0.2) is 0 Å². The second-order valence-electron chi connectivity index (χ2n) is 5.70. The predicted molar refractivity (Wildman–Crippen MR) is 68.0 cm³/mol. The van der Waals surface area contributed by atoms with Gasteiger partial charge in [-0.1, -0.05) is 6.42 Å². The van der Waals surface area contributed by atoms with E-state index in [1.165, 1.54) is 38.8 Å². The minimum absolute atomic E-state index is 0.254. The smallest absolute Gasteiger partial charge is 0.0594 e. The number of hydrogen-bond donors (Lipinski definition) is 1. The maximum absolute atomic E-state index is 6.20. The van der Waals surface area contributed by atoms with Crippen molar-refractivity contribution in [3.63, 3.8) is 0 Å². The molecule has 0 aliphatic carbocycles. The van der Waals surface area contributed by atoms with Crippen molar-refractivity contribution in [1.82, 2.24) is 9.80 Å². The average molecular weight is 239 g/mol. The number of morpholine rings is 1. The maximum atomic E-state index is 6.20. The molecule has 3 rings (SSSR count). The first-order valence-electron chi connectivity index (χ1n) is 7.14. The number of hydrogen-bond acceptors (Lipinski definition) is 4. The Kier molecular flexibility index (Phi) is 3.39. The summed E-state index contributed by atoms with van der Waals surface area (Å²) in [6.07, 6.45) is 5.36. The van der Waals surface area contributed by atoms with Crippen LogP contribution in [0, 0.1) is 0 Å². The van der Waals surface area contributed by atoms with Gasteiger partial charge in [0.15, 0.2) is 0 Å². The molecule has 3 aliphatic rings. The monoisotopic (exact) mass is 239 g/mol. The lowest BCUT2D eigenvalue weighted by molar-refractivity contribution is -0.0379. The molecule has 0 spiro atoms. The van der Waals surface area contributed by atoms with Crippen molar-refractivity contribution in [2.75, 3.05) is 45.9 Å². The molecule has 0 aromatic rings. The molecule has 98 valence electrons. The Bertz CT molecular complexity index is 267. The van der Waals surface area contributed by atoms with E-state index in [1.54, 1.807) is 0 Å². The second-order valence-corrected chi connectivity index (χ2v) is 5.70. The van der Waals surface area contributed by atoms with Gasteiger partial charge >= 0.3 is 0 Å². The van der Waals surface area contributed by atoms with Crippen molar-refractivity contribution >= 4 is 0 Å². The number of ether oxygens (including phenoxy) is 1. The van der Waals surface area contributed by atoms with Crippen LogP contribution in [-0.2, 0) is 4.74 Å². The zero-order valence-electron chi connectivity index (χ0n) is 10.7. The van der Waals surface area contributed by atoms with Crippen molar-refractivity contribution in [1.29, 1.82) is 0 Å². The zero-order valence-corrected chi connectivity index (χ0v) is 10.7. The molecule has 2 unspecified atom stereocenters. The van der Waals surface area contributed by atoms with Crippen LogP contribution >= 0.6 is 0 Å². The lowest BCUT2D eigenvalue weighted by Gasteiger charge is -2.48. The number of nitrogens with zero attached hydrogens (tertiary/aromatic N) is 2. The zero-order chi connectivity index (χ0) is 11.7. The summed E-state index contributed by atoms with van der Waals surface area (Å²) in [5.41, 5.74) is 6.45. The summed E-state index contributed by atoms with van der Waals surface area (Å²) in [5, 5.41) is 0. The summed E-state index contributed by atoms with van der Waals surface area (Å²) in [5.74, 6) is 0. The molecule has 2 atom stereocenters. The fourth-order valence-electron chi connectivity index (χ4n) is 4.12. The van der Waals surface area contributed by atoms with E-state index in [4.69, 9.17) is 10.5 Å². The van der Waals surface area contributed by atoms with E-state index in [2.05, 4.69) is 9.80 Å². The van der Waals surface area contributed by atoms with Crippen molar-refractivity contribution in [3.05, 3.63) is 0 Å². The van der Waals surface area contributed by atoms with Gasteiger partial charge in [-0.3, -0.25) is 9.80 Å². The average Bonchev–Trinajstić information content (AvgIpc) is 2.80. The SMILES string of the molecule is NCC1(N2CCOCC2)CCN2CCCCC21. The number of piperidine rings is 1. The van der Waals surface area contributed by atoms with E-state index < -0.39 is 0 Å². The van der Waals surface area contributed by atoms with Crippen molar-refractivity contribution in [2.24, 2.45) is 5.73 Å². The first-order chi connectivity index (χ1) is 8.37. The van der Waals surface area contributed by atoms with Gasteiger partial charge in [0.25, 0.3) is 0 Å². The third-order valence-corrected chi connectivity index (χ3v) is 5.06. The Morgan fingerprint density at radius 1 is 1.12 bits per heavy atom. The van der Waals surface area contributed by atoms with Gasteiger partial charge in [0.05, 0.1) is 18.8 Å². The third kappa shape index (κ3) is 1.91. The van der Waals surface area contributed by atoms with Crippen molar-refractivity contribution in [2.45, 2.75) is 37.3 Å². The summed E-state index contributed by atoms with van der Waals surface area (Å²) >= 11 is 0. The van der Waals surface area contributed by atoms with E-state index in [9.17, 15) is 0 Å². The molecular weight excluding hydrogens is 214 g/mol. The van der Waals surface area contributed by atoms with E-state index in [-0.39, 0.29) is 5.54 Å². The van der Waals surface area contributed by atoms with Crippen molar-refractivity contribution < 1.29 is 4.74 Å². The molecule has 3 aliphatic heterocycles. The Morgan fingerprint density at radius 3 is 2.71 bits per heavy atom. The van der Waals surface area contributed by atoms with Crippen LogP contribution in [0.15, 0.2) is 0 Å². The van der Waals surface area contributed by atoms with Gasteiger partial charge in [-0.15, -0.1) is 0 Å². The van der Waals surface area contributed by atoms with Gasteiger partial charge in [-0.2, -0.15) is 0 Å². The molecular formula is C13H25N3O. The molecule has 3 heterocycles. The third-order valence-electron chi connectivity index (χ3n) is 5.06. The number of fused-ring (bicyclic) bond motifs is 1. The van der Waals surface area contributed by atoms with Crippen LogP contribution in [0.2, 0.25) is 0 Å². The van der Waals surface area contributed by atoms with Gasteiger partial charge in [0.1, 0.15) is 0 Å². The van der Waals surface area contributed by atoms with Gasteiger partial charge in [0.2, 0.25) is 0 Å². The van der Waals surface area contributed by atoms with Crippen LogP contribution in [0.3, 0.4) is 0 Å². The van der Waals surface area contributed by atoms with Crippen LogP contribution in [0.5, 0.6) is 0 Å². The molecule has 0 radical (unpaired) electrons. The molecule has 0 aromatic carbocycles. The van der Waals surface area contributed by atoms with Crippen LogP contribution in [0.4, 0.5) is 0 Å². The molecule has 3 fully saturated rings. The standard InChI is InChI=1S/C13H25N3O/c14-11-13(16-7-9-17-10-8-16)4-6-15-5-2-1-3-12(13)15/h12H,1-11,14H2. The van der Waals surface area contributed by atoms with Crippen LogP contribution in [-0.4, -0.2) is 67.3 Å².